The molecule has 0 atom stereocenters. The van der Waals surface area contributed by atoms with E-state index in [2.05, 4.69) is 4.84 Å². The van der Waals surface area contributed by atoms with Crippen molar-refractivity contribution in [2.24, 2.45) is 0 Å². The fraction of sp³-hybridized carbons (Fsp3) is 0.0476. The van der Waals surface area contributed by atoms with Gasteiger partial charge in [0.25, 0.3) is 5.91 Å². The van der Waals surface area contributed by atoms with Crippen LogP contribution in [0.25, 0.3) is 11.1 Å². The summed E-state index contributed by atoms with van der Waals surface area (Å²) in [5.74, 6) is -2.06. The number of benzene rings is 3. The molecule has 0 aliphatic carbocycles. The van der Waals surface area contributed by atoms with Crippen LogP contribution in [0.4, 0.5) is 13.2 Å². The van der Waals surface area contributed by atoms with Crippen molar-refractivity contribution in [3.05, 3.63) is 95.6 Å². The van der Waals surface area contributed by atoms with Crippen LogP contribution in [0, 0.1) is 0 Å². The molecule has 0 aromatic heterocycles. The quantitative estimate of drug-likeness (QED) is 0.654. The zero-order valence-corrected chi connectivity index (χ0v) is 14.4. The average molecular weight is 385 g/mol. The van der Waals surface area contributed by atoms with Gasteiger partial charge in [0.1, 0.15) is 0 Å². The SMILES string of the molecule is O=C(ONC(=O)c1cccc(-c2ccccc2)c1C(F)(F)F)c1ccccc1. The van der Waals surface area contributed by atoms with E-state index in [1.807, 2.05) is 0 Å². The highest BCUT2D eigenvalue weighted by Gasteiger charge is 2.38. The first-order valence-electron chi connectivity index (χ1n) is 8.20. The number of nitrogens with one attached hydrogen (secondary N) is 1. The highest BCUT2D eigenvalue weighted by molar-refractivity contribution is 5.98. The molecule has 3 aromatic rings. The van der Waals surface area contributed by atoms with Gasteiger partial charge in [0.05, 0.1) is 16.7 Å². The number of carbonyl (C=O) groups excluding carboxylic acids is 2. The van der Waals surface area contributed by atoms with Gasteiger partial charge in [0, 0.05) is 0 Å². The van der Waals surface area contributed by atoms with Crippen molar-refractivity contribution in [3.8, 4) is 11.1 Å². The average Bonchev–Trinajstić information content (AvgIpc) is 2.71. The third kappa shape index (κ3) is 4.20. The van der Waals surface area contributed by atoms with Crippen molar-refractivity contribution in [2.75, 3.05) is 0 Å². The lowest BCUT2D eigenvalue weighted by atomic mass is 9.94. The fourth-order valence-corrected chi connectivity index (χ4v) is 2.69. The van der Waals surface area contributed by atoms with E-state index >= 15 is 0 Å². The summed E-state index contributed by atoms with van der Waals surface area (Å²) in [6.45, 7) is 0. The monoisotopic (exact) mass is 385 g/mol. The molecule has 0 unspecified atom stereocenters. The van der Waals surface area contributed by atoms with E-state index in [0.717, 1.165) is 6.07 Å². The Kier molecular flexibility index (Phi) is 5.44. The van der Waals surface area contributed by atoms with Gasteiger partial charge in [-0.25, -0.2) is 4.79 Å². The first kappa shape index (κ1) is 19.2. The normalized spacial score (nSPS) is 11.0. The molecule has 3 rings (SSSR count). The van der Waals surface area contributed by atoms with E-state index in [-0.39, 0.29) is 11.1 Å². The maximum atomic E-state index is 13.7. The molecule has 3 aromatic carbocycles. The summed E-state index contributed by atoms with van der Waals surface area (Å²) in [6, 6.07) is 19.3. The third-order valence-corrected chi connectivity index (χ3v) is 3.92. The number of hydrogen-bond acceptors (Lipinski definition) is 3. The number of hydroxylamine groups is 1. The molecule has 28 heavy (non-hydrogen) atoms. The van der Waals surface area contributed by atoms with Gasteiger partial charge in [-0.05, 0) is 29.3 Å². The summed E-state index contributed by atoms with van der Waals surface area (Å²) in [7, 11) is 0. The van der Waals surface area contributed by atoms with Gasteiger partial charge in [-0.3, -0.25) is 4.79 Å². The number of carbonyl (C=O) groups is 2. The van der Waals surface area contributed by atoms with Gasteiger partial charge in [-0.2, -0.15) is 18.7 Å². The molecule has 0 radical (unpaired) electrons. The Hall–Kier alpha value is -3.61. The van der Waals surface area contributed by atoms with Crippen LogP contribution in [0.5, 0.6) is 0 Å². The molecule has 7 heteroatoms. The van der Waals surface area contributed by atoms with E-state index in [4.69, 9.17) is 0 Å². The van der Waals surface area contributed by atoms with Crippen LogP contribution in [0.15, 0.2) is 78.9 Å². The second kappa shape index (κ2) is 7.96. The molecule has 0 spiro atoms. The van der Waals surface area contributed by atoms with Gasteiger partial charge < -0.3 is 4.84 Å². The number of amides is 1. The largest absolute Gasteiger partial charge is 0.417 e. The lowest BCUT2D eigenvalue weighted by Gasteiger charge is -2.17. The van der Waals surface area contributed by atoms with Crippen molar-refractivity contribution in [3.63, 3.8) is 0 Å². The maximum Gasteiger partial charge on any atom is 0.417 e. The van der Waals surface area contributed by atoms with Crippen LogP contribution in [0.3, 0.4) is 0 Å². The van der Waals surface area contributed by atoms with Gasteiger partial charge >= 0.3 is 12.1 Å². The maximum absolute atomic E-state index is 13.7. The van der Waals surface area contributed by atoms with Crippen molar-refractivity contribution < 1.29 is 27.6 Å². The first-order chi connectivity index (χ1) is 13.4. The Labute approximate surface area is 158 Å². The summed E-state index contributed by atoms with van der Waals surface area (Å²) in [5, 5.41) is 0. The summed E-state index contributed by atoms with van der Waals surface area (Å²) in [4.78, 5) is 28.9. The molecule has 1 N–H and O–H groups in total. The van der Waals surface area contributed by atoms with Crippen molar-refractivity contribution >= 4 is 11.9 Å². The van der Waals surface area contributed by atoms with Crippen LogP contribution in [0.2, 0.25) is 0 Å². The van der Waals surface area contributed by atoms with Crippen LogP contribution in [0.1, 0.15) is 26.3 Å². The lowest BCUT2D eigenvalue weighted by Crippen LogP contribution is -2.29. The zero-order chi connectivity index (χ0) is 20.1. The fourth-order valence-electron chi connectivity index (χ4n) is 2.69. The molecule has 0 saturated carbocycles. The van der Waals surface area contributed by atoms with Gasteiger partial charge in [0.15, 0.2) is 0 Å². The highest BCUT2D eigenvalue weighted by Crippen LogP contribution is 2.39. The number of rotatable bonds is 3. The minimum atomic E-state index is -4.79. The van der Waals surface area contributed by atoms with Gasteiger partial charge in [-0.1, -0.05) is 60.7 Å². The van der Waals surface area contributed by atoms with Crippen molar-refractivity contribution in [1.29, 1.82) is 0 Å². The van der Waals surface area contributed by atoms with E-state index in [0.29, 0.717) is 5.56 Å². The van der Waals surface area contributed by atoms with E-state index in [9.17, 15) is 22.8 Å². The topological polar surface area (TPSA) is 55.4 Å². The van der Waals surface area contributed by atoms with Crippen molar-refractivity contribution in [1.82, 2.24) is 5.48 Å². The third-order valence-electron chi connectivity index (χ3n) is 3.92. The Bertz CT molecular complexity index is 987. The predicted molar refractivity (Wildman–Crippen MR) is 96.2 cm³/mol. The number of halogens is 3. The Morgan fingerprint density at radius 1 is 0.786 bits per heavy atom. The number of hydrogen-bond donors (Lipinski definition) is 1. The molecule has 1 amide bonds. The minimum Gasteiger partial charge on any atom is -0.335 e. The summed E-state index contributed by atoms with van der Waals surface area (Å²) < 4.78 is 41.2. The van der Waals surface area contributed by atoms with Gasteiger partial charge in [0.2, 0.25) is 0 Å². The van der Waals surface area contributed by atoms with E-state index in [1.54, 1.807) is 41.9 Å². The Morgan fingerprint density at radius 3 is 2.00 bits per heavy atom. The molecule has 0 heterocycles. The molecule has 0 fully saturated rings. The zero-order valence-electron chi connectivity index (χ0n) is 14.4. The van der Waals surface area contributed by atoms with Crippen LogP contribution in [-0.2, 0) is 11.0 Å². The smallest absolute Gasteiger partial charge is 0.335 e. The minimum absolute atomic E-state index is 0.143. The van der Waals surface area contributed by atoms with Crippen LogP contribution in [-0.4, -0.2) is 11.9 Å². The molecule has 0 aliphatic rings. The summed E-state index contributed by atoms with van der Waals surface area (Å²) in [6.07, 6.45) is -4.79. The number of alkyl halides is 3. The van der Waals surface area contributed by atoms with E-state index < -0.39 is 29.2 Å². The molecule has 0 saturated heterocycles. The molecule has 4 nitrogen and oxygen atoms in total. The summed E-state index contributed by atoms with van der Waals surface area (Å²) >= 11 is 0. The Balaban J connectivity index is 1.91. The summed E-state index contributed by atoms with van der Waals surface area (Å²) in [5.41, 5.74) is 0.371. The second-order valence-corrected chi connectivity index (χ2v) is 5.78. The van der Waals surface area contributed by atoms with Crippen LogP contribution < -0.4 is 5.48 Å². The standard InChI is InChI=1S/C21H14F3NO3/c22-21(23,24)18-16(14-8-3-1-4-9-14)12-7-13-17(18)19(26)25-28-20(27)15-10-5-2-6-11-15/h1-13H,(H,25,26). The van der Waals surface area contributed by atoms with E-state index in [1.165, 1.54) is 36.4 Å². The predicted octanol–water partition coefficient (Wildman–Crippen LogP) is 4.87. The molecule has 0 aliphatic heterocycles. The van der Waals surface area contributed by atoms with Crippen molar-refractivity contribution in [2.45, 2.75) is 6.18 Å². The Morgan fingerprint density at radius 2 is 1.39 bits per heavy atom. The van der Waals surface area contributed by atoms with Gasteiger partial charge in [-0.15, -0.1) is 0 Å². The molecule has 142 valence electrons. The molecule has 0 bridgehead atoms. The molecular weight excluding hydrogens is 371 g/mol. The lowest BCUT2D eigenvalue weighted by molar-refractivity contribution is -0.137. The first-order valence-corrected chi connectivity index (χ1v) is 8.20. The highest BCUT2D eigenvalue weighted by atomic mass is 19.4. The molecular formula is C21H14F3NO3. The van der Waals surface area contributed by atoms with Crippen LogP contribution >= 0.6 is 0 Å². The second-order valence-electron chi connectivity index (χ2n) is 5.78.